The Hall–Kier alpha value is -1.88. The number of carbonyl (C=O) groups is 1. The van der Waals surface area contributed by atoms with Crippen LogP contribution < -0.4 is 0 Å². The normalized spacial score (nSPS) is 30.8. The first-order chi connectivity index (χ1) is 13.7. The summed E-state index contributed by atoms with van der Waals surface area (Å²) in [4.78, 5) is 11.8. The van der Waals surface area contributed by atoms with Crippen LogP contribution in [0.4, 0.5) is 0 Å². The van der Waals surface area contributed by atoms with Crippen molar-refractivity contribution in [3.63, 3.8) is 0 Å². The van der Waals surface area contributed by atoms with E-state index in [2.05, 4.69) is 31.2 Å². The van der Waals surface area contributed by atoms with Gasteiger partial charge in [0.25, 0.3) is 0 Å². The molecule has 1 aromatic carbocycles. The summed E-state index contributed by atoms with van der Waals surface area (Å²) in [6.45, 7) is 2.21. The minimum atomic E-state index is -0.130. The zero-order valence-electron chi connectivity index (χ0n) is 17.4. The van der Waals surface area contributed by atoms with Crippen molar-refractivity contribution in [3.05, 3.63) is 47.5 Å². The molecular weight excluding hydrogens is 342 g/mol. The molecule has 0 atom stereocenters. The van der Waals surface area contributed by atoms with Crippen molar-refractivity contribution < 1.29 is 4.79 Å². The lowest BCUT2D eigenvalue weighted by Crippen LogP contribution is -2.32. The maximum atomic E-state index is 11.8. The Balaban J connectivity index is 1.47. The molecule has 2 nitrogen and oxygen atoms in total. The summed E-state index contributed by atoms with van der Waals surface area (Å²) in [5, 5.41) is 8.61. The highest BCUT2D eigenvalue weighted by molar-refractivity contribution is 5.59. The van der Waals surface area contributed by atoms with Gasteiger partial charge in [-0.05, 0) is 99.5 Å². The van der Waals surface area contributed by atoms with Crippen molar-refractivity contribution in [2.24, 2.45) is 17.3 Å². The number of nitriles is 1. The standard InChI is InChI=1S/C26H35NO/c1-2-21-6-8-22(9-7-21)23-10-12-24(13-11-23)25-14-17-26(20-28,18-15-25)16-4-3-5-19-27/h3,5-9,20,23-25H,2,4,10-18H2,1H3. The van der Waals surface area contributed by atoms with Crippen LogP contribution in [0.5, 0.6) is 0 Å². The molecule has 2 aliphatic carbocycles. The highest BCUT2D eigenvalue weighted by atomic mass is 16.1. The molecule has 0 aromatic heterocycles. The van der Waals surface area contributed by atoms with Gasteiger partial charge in [-0.2, -0.15) is 5.26 Å². The Morgan fingerprint density at radius 2 is 1.68 bits per heavy atom. The SMILES string of the molecule is CCc1ccc(C2CCC(C3CCC(C=O)(CCC=CC#N)CC3)CC2)cc1. The Morgan fingerprint density at radius 3 is 2.25 bits per heavy atom. The Morgan fingerprint density at radius 1 is 1.04 bits per heavy atom. The number of aldehydes is 1. The predicted molar refractivity (Wildman–Crippen MR) is 115 cm³/mol. The molecule has 0 heterocycles. The average Bonchev–Trinajstić information content (AvgIpc) is 2.77. The molecular formula is C26H35NO. The van der Waals surface area contributed by atoms with E-state index in [1.807, 2.05) is 12.1 Å². The smallest absolute Gasteiger partial charge is 0.126 e. The van der Waals surface area contributed by atoms with Gasteiger partial charge in [0, 0.05) is 11.5 Å². The van der Waals surface area contributed by atoms with Crippen molar-refractivity contribution in [2.45, 2.75) is 83.5 Å². The number of hydrogen-bond acceptors (Lipinski definition) is 2. The van der Waals surface area contributed by atoms with E-state index in [4.69, 9.17) is 5.26 Å². The van der Waals surface area contributed by atoms with E-state index in [-0.39, 0.29) is 5.41 Å². The fourth-order valence-corrected chi connectivity index (χ4v) is 5.57. The van der Waals surface area contributed by atoms with Gasteiger partial charge in [-0.25, -0.2) is 0 Å². The molecule has 2 heteroatoms. The second kappa shape index (κ2) is 10.1. The van der Waals surface area contributed by atoms with Gasteiger partial charge in [-0.1, -0.05) is 37.3 Å². The molecule has 0 radical (unpaired) electrons. The molecule has 0 bridgehead atoms. The molecule has 0 saturated heterocycles. The van der Waals surface area contributed by atoms with E-state index in [9.17, 15) is 4.79 Å². The molecule has 150 valence electrons. The molecule has 2 aliphatic rings. The number of aryl methyl sites for hydroxylation is 1. The summed E-state index contributed by atoms with van der Waals surface area (Å²) < 4.78 is 0. The first-order valence-electron chi connectivity index (χ1n) is 11.3. The van der Waals surface area contributed by atoms with Gasteiger partial charge >= 0.3 is 0 Å². The number of nitrogens with zero attached hydrogens (tertiary/aromatic N) is 1. The van der Waals surface area contributed by atoms with Crippen molar-refractivity contribution in [1.82, 2.24) is 0 Å². The zero-order valence-corrected chi connectivity index (χ0v) is 17.4. The van der Waals surface area contributed by atoms with Gasteiger partial charge in [0.15, 0.2) is 0 Å². The second-order valence-electron chi connectivity index (χ2n) is 9.09. The molecule has 2 fully saturated rings. The monoisotopic (exact) mass is 377 g/mol. The van der Waals surface area contributed by atoms with E-state index in [0.29, 0.717) is 0 Å². The lowest BCUT2D eigenvalue weighted by Gasteiger charge is -2.41. The Labute approximate surface area is 171 Å². The molecule has 0 aliphatic heterocycles. The summed E-state index contributed by atoms with van der Waals surface area (Å²) in [6.07, 6.45) is 17.4. The van der Waals surface area contributed by atoms with E-state index < -0.39 is 0 Å². The summed E-state index contributed by atoms with van der Waals surface area (Å²) in [5.74, 6) is 2.41. The molecule has 3 rings (SSSR count). The van der Waals surface area contributed by atoms with Gasteiger partial charge in [0.1, 0.15) is 6.29 Å². The maximum Gasteiger partial charge on any atom is 0.126 e. The van der Waals surface area contributed by atoms with Crippen LogP contribution in [0.25, 0.3) is 0 Å². The average molecular weight is 378 g/mol. The number of allylic oxidation sites excluding steroid dienone is 2. The molecule has 0 spiro atoms. The number of benzene rings is 1. The minimum Gasteiger partial charge on any atom is -0.303 e. The number of rotatable bonds is 7. The van der Waals surface area contributed by atoms with Gasteiger partial charge in [0.05, 0.1) is 6.07 Å². The highest BCUT2D eigenvalue weighted by Crippen LogP contribution is 2.47. The van der Waals surface area contributed by atoms with Crippen molar-refractivity contribution in [3.8, 4) is 6.07 Å². The van der Waals surface area contributed by atoms with Crippen molar-refractivity contribution >= 4 is 6.29 Å². The quantitative estimate of drug-likeness (QED) is 0.389. The van der Waals surface area contributed by atoms with Crippen molar-refractivity contribution in [2.75, 3.05) is 0 Å². The van der Waals surface area contributed by atoms with E-state index in [1.54, 1.807) is 6.08 Å². The van der Waals surface area contributed by atoms with Crippen LogP contribution in [0, 0.1) is 28.6 Å². The van der Waals surface area contributed by atoms with Crippen LogP contribution in [0.2, 0.25) is 0 Å². The first-order valence-corrected chi connectivity index (χ1v) is 11.3. The van der Waals surface area contributed by atoms with Crippen LogP contribution in [0.3, 0.4) is 0 Å². The number of carbonyl (C=O) groups excluding carboxylic acids is 1. The first kappa shape index (κ1) is 20.8. The fourth-order valence-electron chi connectivity index (χ4n) is 5.57. The molecule has 0 amide bonds. The minimum absolute atomic E-state index is 0.130. The summed E-state index contributed by atoms with van der Waals surface area (Å²) in [7, 11) is 0. The third-order valence-electron chi connectivity index (χ3n) is 7.58. The Bertz CT molecular complexity index is 680. The van der Waals surface area contributed by atoms with Crippen LogP contribution in [-0.4, -0.2) is 6.29 Å². The third kappa shape index (κ3) is 5.13. The van der Waals surface area contributed by atoms with Crippen LogP contribution in [0.1, 0.15) is 88.2 Å². The van der Waals surface area contributed by atoms with Crippen LogP contribution >= 0.6 is 0 Å². The topological polar surface area (TPSA) is 40.9 Å². The highest BCUT2D eigenvalue weighted by Gasteiger charge is 2.38. The van der Waals surface area contributed by atoms with E-state index in [1.165, 1.54) is 55.9 Å². The summed E-state index contributed by atoms with van der Waals surface area (Å²) in [6, 6.07) is 11.3. The van der Waals surface area contributed by atoms with Crippen molar-refractivity contribution in [1.29, 1.82) is 5.26 Å². The lowest BCUT2D eigenvalue weighted by atomic mass is 9.63. The third-order valence-corrected chi connectivity index (χ3v) is 7.58. The fraction of sp³-hybridized carbons (Fsp3) is 0.615. The van der Waals surface area contributed by atoms with Gasteiger partial charge in [-0.15, -0.1) is 0 Å². The van der Waals surface area contributed by atoms with E-state index >= 15 is 0 Å². The Kier molecular flexibility index (Phi) is 7.49. The van der Waals surface area contributed by atoms with Gasteiger partial charge in [-0.3, -0.25) is 0 Å². The second-order valence-corrected chi connectivity index (χ2v) is 9.09. The molecule has 2 saturated carbocycles. The van der Waals surface area contributed by atoms with Crippen LogP contribution in [0.15, 0.2) is 36.4 Å². The van der Waals surface area contributed by atoms with E-state index in [0.717, 1.165) is 49.9 Å². The van der Waals surface area contributed by atoms with Gasteiger partial charge in [0.2, 0.25) is 0 Å². The molecule has 0 unspecified atom stereocenters. The molecule has 1 aromatic rings. The summed E-state index contributed by atoms with van der Waals surface area (Å²) in [5.41, 5.74) is 2.83. The predicted octanol–water partition coefficient (Wildman–Crippen LogP) is 6.76. The zero-order chi connectivity index (χ0) is 19.8. The molecule has 0 N–H and O–H groups in total. The largest absolute Gasteiger partial charge is 0.303 e. The van der Waals surface area contributed by atoms with Crippen LogP contribution in [-0.2, 0) is 11.2 Å². The molecule has 28 heavy (non-hydrogen) atoms. The lowest BCUT2D eigenvalue weighted by molar-refractivity contribution is -0.119. The summed E-state index contributed by atoms with van der Waals surface area (Å²) >= 11 is 0. The number of hydrogen-bond donors (Lipinski definition) is 0. The van der Waals surface area contributed by atoms with Gasteiger partial charge < -0.3 is 4.79 Å². The maximum absolute atomic E-state index is 11.8.